The molecule has 0 bridgehead atoms. The van der Waals surface area contributed by atoms with E-state index in [1.807, 2.05) is 18.2 Å². The van der Waals surface area contributed by atoms with E-state index < -0.39 is 5.60 Å². The molecule has 2 heterocycles. The van der Waals surface area contributed by atoms with Gasteiger partial charge in [0, 0.05) is 19.3 Å². The standard InChI is InChI=1S/C17H24O4/c1-12(2)16-11-17(18,6-9-21-16)13-4-5-14-15(10-13)20-8-3-7-19-14/h4-5,10,12,16,18H,3,6-9,11H2,1-2H3. The van der Waals surface area contributed by atoms with Gasteiger partial charge < -0.3 is 19.3 Å². The van der Waals surface area contributed by atoms with Gasteiger partial charge in [-0.25, -0.2) is 0 Å². The Morgan fingerprint density at radius 2 is 1.90 bits per heavy atom. The smallest absolute Gasteiger partial charge is 0.161 e. The fourth-order valence-corrected chi connectivity index (χ4v) is 3.02. The summed E-state index contributed by atoms with van der Waals surface area (Å²) < 4.78 is 17.2. The molecule has 2 aliphatic heterocycles. The molecular weight excluding hydrogens is 268 g/mol. The Bertz CT molecular complexity index is 500. The van der Waals surface area contributed by atoms with Gasteiger partial charge in [0.1, 0.15) is 0 Å². The fraction of sp³-hybridized carbons (Fsp3) is 0.647. The first kappa shape index (κ1) is 14.7. The summed E-state index contributed by atoms with van der Waals surface area (Å²) >= 11 is 0. The molecule has 4 nitrogen and oxygen atoms in total. The van der Waals surface area contributed by atoms with Gasteiger partial charge in [-0.3, -0.25) is 0 Å². The molecule has 1 N–H and O–H groups in total. The van der Waals surface area contributed by atoms with E-state index in [4.69, 9.17) is 14.2 Å². The zero-order valence-electron chi connectivity index (χ0n) is 12.8. The van der Waals surface area contributed by atoms with Crippen LogP contribution in [0.3, 0.4) is 0 Å². The summed E-state index contributed by atoms with van der Waals surface area (Å²) in [5.74, 6) is 1.91. The van der Waals surface area contributed by atoms with Gasteiger partial charge in [0.15, 0.2) is 11.5 Å². The minimum atomic E-state index is -0.835. The van der Waals surface area contributed by atoms with Gasteiger partial charge in [-0.1, -0.05) is 19.9 Å². The molecular formula is C17H24O4. The number of hydrogen-bond acceptors (Lipinski definition) is 4. The summed E-state index contributed by atoms with van der Waals surface area (Å²) in [6, 6.07) is 5.80. The van der Waals surface area contributed by atoms with Crippen molar-refractivity contribution in [1.82, 2.24) is 0 Å². The van der Waals surface area contributed by atoms with Crippen molar-refractivity contribution in [2.24, 2.45) is 5.92 Å². The Morgan fingerprint density at radius 1 is 1.14 bits per heavy atom. The number of hydrogen-bond donors (Lipinski definition) is 1. The highest BCUT2D eigenvalue weighted by atomic mass is 16.5. The zero-order valence-corrected chi connectivity index (χ0v) is 12.8. The molecule has 1 aromatic rings. The molecule has 1 fully saturated rings. The van der Waals surface area contributed by atoms with E-state index in [9.17, 15) is 5.11 Å². The van der Waals surface area contributed by atoms with E-state index in [0.29, 0.717) is 38.6 Å². The Kier molecular flexibility index (Phi) is 4.09. The molecule has 1 saturated heterocycles. The van der Waals surface area contributed by atoms with Gasteiger partial charge in [0.2, 0.25) is 0 Å². The topological polar surface area (TPSA) is 47.9 Å². The van der Waals surface area contributed by atoms with Crippen molar-refractivity contribution in [3.63, 3.8) is 0 Å². The van der Waals surface area contributed by atoms with Crippen molar-refractivity contribution in [3.05, 3.63) is 23.8 Å². The number of ether oxygens (including phenoxy) is 3. The highest BCUT2D eigenvalue weighted by Gasteiger charge is 2.38. The van der Waals surface area contributed by atoms with E-state index in [1.165, 1.54) is 0 Å². The Labute approximate surface area is 126 Å². The summed E-state index contributed by atoms with van der Waals surface area (Å²) in [5.41, 5.74) is 0.0680. The van der Waals surface area contributed by atoms with Gasteiger partial charge in [-0.2, -0.15) is 0 Å². The van der Waals surface area contributed by atoms with Crippen LogP contribution in [0.15, 0.2) is 18.2 Å². The van der Waals surface area contributed by atoms with Gasteiger partial charge in [-0.05, 0) is 23.6 Å². The summed E-state index contributed by atoms with van der Waals surface area (Å²) in [5, 5.41) is 11.1. The van der Waals surface area contributed by atoms with Crippen LogP contribution in [0.4, 0.5) is 0 Å². The number of fused-ring (bicyclic) bond motifs is 1. The Hall–Kier alpha value is -1.26. The van der Waals surface area contributed by atoms with Gasteiger partial charge in [0.25, 0.3) is 0 Å². The van der Waals surface area contributed by atoms with Crippen LogP contribution in [0.2, 0.25) is 0 Å². The van der Waals surface area contributed by atoms with Crippen LogP contribution in [0.1, 0.15) is 38.7 Å². The Morgan fingerprint density at radius 3 is 2.67 bits per heavy atom. The van der Waals surface area contributed by atoms with Crippen LogP contribution >= 0.6 is 0 Å². The average molecular weight is 292 g/mol. The summed E-state index contributed by atoms with van der Waals surface area (Å²) in [4.78, 5) is 0. The first-order valence-corrected chi connectivity index (χ1v) is 7.83. The summed E-state index contributed by atoms with van der Waals surface area (Å²) in [7, 11) is 0. The molecule has 4 heteroatoms. The minimum Gasteiger partial charge on any atom is -0.490 e. The van der Waals surface area contributed by atoms with Crippen molar-refractivity contribution in [1.29, 1.82) is 0 Å². The summed E-state index contributed by atoms with van der Waals surface area (Å²) in [6.07, 6.45) is 2.23. The zero-order chi connectivity index (χ0) is 14.9. The van der Waals surface area contributed by atoms with Crippen LogP contribution in [0.5, 0.6) is 11.5 Å². The highest BCUT2D eigenvalue weighted by molar-refractivity contribution is 5.45. The molecule has 1 aromatic carbocycles. The average Bonchev–Trinajstić information content (AvgIpc) is 2.71. The monoisotopic (exact) mass is 292 g/mol. The van der Waals surface area contributed by atoms with Crippen LogP contribution in [-0.2, 0) is 10.3 Å². The lowest BCUT2D eigenvalue weighted by atomic mass is 9.81. The second-order valence-corrected chi connectivity index (χ2v) is 6.35. The maximum absolute atomic E-state index is 11.1. The fourth-order valence-electron chi connectivity index (χ4n) is 3.02. The lowest BCUT2D eigenvalue weighted by Crippen LogP contribution is -2.40. The third kappa shape index (κ3) is 3.01. The normalized spacial score (nSPS) is 29.2. The van der Waals surface area contributed by atoms with Crippen LogP contribution < -0.4 is 9.47 Å². The second kappa shape index (κ2) is 5.85. The third-order valence-electron chi connectivity index (χ3n) is 4.41. The van der Waals surface area contributed by atoms with Gasteiger partial charge in [0.05, 0.1) is 31.5 Å². The molecule has 0 aliphatic carbocycles. The van der Waals surface area contributed by atoms with Crippen molar-refractivity contribution in [2.75, 3.05) is 19.8 Å². The molecule has 3 rings (SSSR count). The van der Waals surface area contributed by atoms with E-state index >= 15 is 0 Å². The van der Waals surface area contributed by atoms with Crippen LogP contribution in [0.25, 0.3) is 0 Å². The summed E-state index contributed by atoms with van der Waals surface area (Å²) in [6.45, 7) is 6.19. The molecule has 0 amide bonds. The quantitative estimate of drug-likeness (QED) is 0.910. The van der Waals surface area contributed by atoms with E-state index in [-0.39, 0.29) is 6.10 Å². The maximum atomic E-state index is 11.1. The molecule has 0 aromatic heterocycles. The Balaban J connectivity index is 1.86. The largest absolute Gasteiger partial charge is 0.490 e. The molecule has 2 unspecified atom stereocenters. The lowest BCUT2D eigenvalue weighted by Gasteiger charge is -2.39. The first-order valence-electron chi connectivity index (χ1n) is 7.83. The van der Waals surface area contributed by atoms with Crippen molar-refractivity contribution in [3.8, 4) is 11.5 Å². The van der Waals surface area contributed by atoms with E-state index in [2.05, 4.69) is 13.8 Å². The predicted molar refractivity (Wildman–Crippen MR) is 79.8 cm³/mol. The molecule has 0 spiro atoms. The van der Waals surface area contributed by atoms with E-state index in [0.717, 1.165) is 23.5 Å². The molecule has 21 heavy (non-hydrogen) atoms. The van der Waals surface area contributed by atoms with Crippen molar-refractivity contribution < 1.29 is 19.3 Å². The molecule has 0 radical (unpaired) electrons. The maximum Gasteiger partial charge on any atom is 0.161 e. The number of aliphatic hydroxyl groups is 1. The van der Waals surface area contributed by atoms with Crippen molar-refractivity contribution >= 4 is 0 Å². The molecule has 116 valence electrons. The van der Waals surface area contributed by atoms with E-state index in [1.54, 1.807) is 0 Å². The number of benzene rings is 1. The van der Waals surface area contributed by atoms with Gasteiger partial charge in [-0.15, -0.1) is 0 Å². The lowest BCUT2D eigenvalue weighted by molar-refractivity contribution is -0.121. The number of rotatable bonds is 2. The van der Waals surface area contributed by atoms with Gasteiger partial charge >= 0.3 is 0 Å². The predicted octanol–water partition coefficient (Wildman–Crippen LogP) is 2.87. The van der Waals surface area contributed by atoms with Crippen LogP contribution in [-0.4, -0.2) is 31.0 Å². The third-order valence-corrected chi connectivity index (χ3v) is 4.41. The first-order chi connectivity index (χ1) is 10.1. The molecule has 2 aliphatic rings. The minimum absolute atomic E-state index is 0.0970. The van der Waals surface area contributed by atoms with Crippen LogP contribution in [0, 0.1) is 5.92 Å². The SMILES string of the molecule is CC(C)C1CC(O)(c2ccc3c(c2)OCCCO3)CCO1. The van der Waals surface area contributed by atoms with Crippen molar-refractivity contribution in [2.45, 2.75) is 44.8 Å². The highest BCUT2D eigenvalue weighted by Crippen LogP contribution is 2.40. The molecule has 0 saturated carbocycles. The second-order valence-electron chi connectivity index (χ2n) is 6.35. The molecule has 2 atom stereocenters.